The third-order valence-electron chi connectivity index (χ3n) is 3.60. The van der Waals surface area contributed by atoms with Crippen LogP contribution in [0.2, 0.25) is 0 Å². The summed E-state index contributed by atoms with van der Waals surface area (Å²) >= 11 is 3.58. The van der Waals surface area contributed by atoms with Crippen LogP contribution in [0.1, 0.15) is 26.1 Å². The lowest BCUT2D eigenvalue weighted by Crippen LogP contribution is -2.30. The van der Waals surface area contributed by atoms with Gasteiger partial charge in [-0.2, -0.15) is 11.8 Å². The zero-order valence-electron chi connectivity index (χ0n) is 13.2. The smallest absolute Gasteiger partial charge is 0.146 e. The van der Waals surface area contributed by atoms with Crippen LogP contribution in [0.5, 0.6) is 0 Å². The Labute approximate surface area is 135 Å². The minimum Gasteiger partial charge on any atom is -0.370 e. The van der Waals surface area contributed by atoms with Crippen molar-refractivity contribution < 1.29 is 0 Å². The van der Waals surface area contributed by atoms with Crippen LogP contribution in [0.15, 0.2) is 11.4 Å². The molecule has 0 aliphatic rings. The van der Waals surface area contributed by atoms with E-state index in [-0.39, 0.29) is 0 Å². The molecule has 0 bridgehead atoms. The Hall–Kier alpha value is -0.850. The molecule has 0 amide bonds. The van der Waals surface area contributed by atoms with Crippen LogP contribution in [0, 0.1) is 0 Å². The van der Waals surface area contributed by atoms with Crippen molar-refractivity contribution in [2.75, 3.05) is 30.9 Å². The van der Waals surface area contributed by atoms with Crippen molar-refractivity contribution in [2.24, 2.45) is 0 Å². The molecule has 2 aromatic heterocycles. The van der Waals surface area contributed by atoms with E-state index in [1.165, 1.54) is 12.2 Å². The van der Waals surface area contributed by atoms with Gasteiger partial charge in [0.1, 0.15) is 16.5 Å². The molecule has 1 unspecified atom stereocenters. The maximum atomic E-state index is 4.70. The summed E-state index contributed by atoms with van der Waals surface area (Å²) in [5, 5.41) is 6.55. The molecule has 4 nitrogen and oxygen atoms in total. The van der Waals surface area contributed by atoms with E-state index in [9.17, 15) is 0 Å². The number of nitrogens with zero attached hydrogens (tertiary/aromatic N) is 3. The molecule has 2 aromatic rings. The van der Waals surface area contributed by atoms with Crippen molar-refractivity contribution in [3.05, 3.63) is 17.3 Å². The average molecular weight is 325 g/mol. The van der Waals surface area contributed by atoms with E-state index >= 15 is 0 Å². The molecule has 2 rings (SSSR count). The molecule has 21 heavy (non-hydrogen) atoms. The van der Waals surface area contributed by atoms with E-state index in [4.69, 9.17) is 9.97 Å². The number of anilines is 1. The van der Waals surface area contributed by atoms with Gasteiger partial charge in [0.2, 0.25) is 0 Å². The van der Waals surface area contributed by atoms with Crippen molar-refractivity contribution >= 4 is 39.1 Å². The van der Waals surface area contributed by atoms with Gasteiger partial charge >= 0.3 is 0 Å². The Kier molecular flexibility index (Phi) is 6.26. The molecule has 0 fully saturated rings. The molecule has 6 heteroatoms. The molecule has 0 aromatic carbocycles. The Morgan fingerprint density at radius 2 is 2.24 bits per heavy atom. The molecule has 2 heterocycles. The molecule has 0 saturated carbocycles. The van der Waals surface area contributed by atoms with E-state index in [0.717, 1.165) is 34.9 Å². The fourth-order valence-corrected chi connectivity index (χ4v) is 3.52. The van der Waals surface area contributed by atoms with Gasteiger partial charge in [0.15, 0.2) is 0 Å². The first-order chi connectivity index (χ1) is 10.2. The van der Waals surface area contributed by atoms with Crippen molar-refractivity contribution in [1.82, 2.24) is 14.9 Å². The molecule has 0 aliphatic carbocycles. The minimum atomic E-state index is 0.544. The summed E-state index contributed by atoms with van der Waals surface area (Å²) in [6.07, 6.45) is 3.35. The van der Waals surface area contributed by atoms with E-state index in [2.05, 4.69) is 48.8 Å². The number of aromatic nitrogens is 2. The Balaban J connectivity index is 2.14. The number of thioether (sulfide) groups is 1. The number of hydrogen-bond acceptors (Lipinski definition) is 6. The predicted octanol–water partition coefficient (Wildman–Crippen LogP) is 3.70. The summed E-state index contributed by atoms with van der Waals surface area (Å²) in [5.41, 5.74) is 0. The summed E-state index contributed by atoms with van der Waals surface area (Å²) in [7, 11) is 2.15. The van der Waals surface area contributed by atoms with Gasteiger partial charge < -0.3 is 5.32 Å². The number of rotatable bonds is 8. The summed E-state index contributed by atoms with van der Waals surface area (Å²) in [6, 6.07) is 2.63. The number of hydrogen-bond donors (Lipinski definition) is 1. The predicted molar refractivity (Wildman–Crippen MR) is 95.5 cm³/mol. The average Bonchev–Trinajstić information content (AvgIpc) is 2.93. The van der Waals surface area contributed by atoms with Gasteiger partial charge in [0.05, 0.1) is 11.9 Å². The third kappa shape index (κ3) is 4.31. The fraction of sp³-hybridized carbons (Fsp3) is 0.600. The van der Waals surface area contributed by atoms with Crippen molar-refractivity contribution in [1.29, 1.82) is 0 Å². The first-order valence-corrected chi connectivity index (χ1v) is 9.60. The normalized spacial score (nSPS) is 13.0. The van der Waals surface area contributed by atoms with E-state index in [1.807, 2.05) is 11.8 Å². The molecule has 0 spiro atoms. The zero-order valence-corrected chi connectivity index (χ0v) is 14.9. The summed E-state index contributed by atoms with van der Waals surface area (Å²) in [5.74, 6) is 3.06. The lowest BCUT2D eigenvalue weighted by molar-refractivity contribution is 0.239. The van der Waals surface area contributed by atoms with Crippen LogP contribution in [0.3, 0.4) is 0 Å². The molecular formula is C15H24N4S2. The van der Waals surface area contributed by atoms with E-state index in [1.54, 1.807) is 11.3 Å². The summed E-state index contributed by atoms with van der Waals surface area (Å²) < 4.78 is 0. The molecule has 0 saturated heterocycles. The first kappa shape index (κ1) is 16.5. The largest absolute Gasteiger partial charge is 0.370 e. The van der Waals surface area contributed by atoms with Crippen LogP contribution < -0.4 is 5.32 Å². The standard InChI is InChI=1S/C15H24N4S2/c1-5-16-14-12-7-9-21-15(12)18-13(17-14)10-19(3)11(2)6-8-20-4/h7,9,11H,5-6,8,10H2,1-4H3,(H,16,17,18). The van der Waals surface area contributed by atoms with Crippen LogP contribution in [-0.4, -0.2) is 46.5 Å². The molecular weight excluding hydrogens is 300 g/mol. The highest BCUT2D eigenvalue weighted by Gasteiger charge is 2.13. The minimum absolute atomic E-state index is 0.544. The van der Waals surface area contributed by atoms with Gasteiger partial charge in [-0.3, -0.25) is 4.90 Å². The topological polar surface area (TPSA) is 41.1 Å². The van der Waals surface area contributed by atoms with Crippen LogP contribution in [0.25, 0.3) is 10.2 Å². The van der Waals surface area contributed by atoms with Gasteiger partial charge in [-0.1, -0.05) is 0 Å². The lowest BCUT2D eigenvalue weighted by Gasteiger charge is -2.23. The van der Waals surface area contributed by atoms with E-state index < -0.39 is 0 Å². The highest BCUT2D eigenvalue weighted by molar-refractivity contribution is 7.98. The van der Waals surface area contributed by atoms with Gasteiger partial charge in [-0.15, -0.1) is 11.3 Å². The van der Waals surface area contributed by atoms with Crippen LogP contribution >= 0.6 is 23.1 Å². The monoisotopic (exact) mass is 324 g/mol. The van der Waals surface area contributed by atoms with Crippen molar-refractivity contribution in [3.8, 4) is 0 Å². The van der Waals surface area contributed by atoms with Gasteiger partial charge in [0, 0.05) is 12.6 Å². The molecule has 116 valence electrons. The summed E-state index contributed by atoms with van der Waals surface area (Å²) in [6.45, 7) is 6.03. The van der Waals surface area contributed by atoms with Crippen molar-refractivity contribution in [2.45, 2.75) is 32.9 Å². The Morgan fingerprint density at radius 1 is 1.43 bits per heavy atom. The second-order valence-corrected chi connectivity index (χ2v) is 7.08. The van der Waals surface area contributed by atoms with Crippen LogP contribution in [-0.2, 0) is 6.54 Å². The highest BCUT2D eigenvalue weighted by Crippen LogP contribution is 2.25. The quantitative estimate of drug-likeness (QED) is 0.802. The number of thiophene rings is 1. The molecule has 0 aliphatic heterocycles. The highest BCUT2D eigenvalue weighted by atomic mass is 32.2. The number of fused-ring (bicyclic) bond motifs is 1. The Bertz CT molecular complexity index is 570. The molecule has 1 N–H and O–H groups in total. The third-order valence-corrected chi connectivity index (χ3v) is 5.05. The SMILES string of the molecule is CCNc1nc(CN(C)C(C)CCSC)nc2sccc12. The number of nitrogens with one attached hydrogen (secondary N) is 1. The first-order valence-electron chi connectivity index (χ1n) is 7.32. The van der Waals surface area contributed by atoms with Gasteiger partial charge in [0.25, 0.3) is 0 Å². The van der Waals surface area contributed by atoms with Crippen molar-refractivity contribution in [3.63, 3.8) is 0 Å². The van der Waals surface area contributed by atoms with Gasteiger partial charge in [-0.05, 0) is 50.8 Å². The molecule has 0 radical (unpaired) electrons. The fourth-order valence-electron chi connectivity index (χ4n) is 2.16. The Morgan fingerprint density at radius 3 is 2.95 bits per heavy atom. The lowest BCUT2D eigenvalue weighted by atomic mass is 10.2. The second-order valence-electron chi connectivity index (χ2n) is 5.20. The van der Waals surface area contributed by atoms with Crippen LogP contribution in [0.4, 0.5) is 5.82 Å². The molecule has 1 atom stereocenters. The summed E-state index contributed by atoms with van der Waals surface area (Å²) in [4.78, 5) is 12.8. The zero-order chi connectivity index (χ0) is 15.2. The second kappa shape index (κ2) is 7.96. The maximum Gasteiger partial charge on any atom is 0.146 e. The van der Waals surface area contributed by atoms with E-state index in [0.29, 0.717) is 6.04 Å². The van der Waals surface area contributed by atoms with Gasteiger partial charge in [-0.25, -0.2) is 9.97 Å². The maximum absolute atomic E-state index is 4.70.